The molecule has 0 atom stereocenters. The van der Waals surface area contributed by atoms with Gasteiger partial charge in [-0.25, -0.2) is 9.79 Å². The lowest BCUT2D eigenvalue weighted by Crippen LogP contribution is -2.28. The highest BCUT2D eigenvalue weighted by molar-refractivity contribution is 8.18. The van der Waals surface area contributed by atoms with Crippen LogP contribution in [0.4, 0.5) is 11.4 Å². The summed E-state index contributed by atoms with van der Waals surface area (Å²) in [7, 11) is 0. The highest BCUT2D eigenvalue weighted by atomic mass is 32.2. The third-order valence-electron chi connectivity index (χ3n) is 4.97. The van der Waals surface area contributed by atoms with E-state index in [0.29, 0.717) is 27.9 Å². The van der Waals surface area contributed by atoms with Crippen LogP contribution in [-0.4, -0.2) is 51.8 Å². The van der Waals surface area contributed by atoms with Gasteiger partial charge in [0.05, 0.1) is 16.2 Å². The van der Waals surface area contributed by atoms with Crippen molar-refractivity contribution in [1.82, 2.24) is 4.90 Å². The number of carboxylic acid groups (broad SMARTS) is 1. The molecule has 2 aromatic rings. The zero-order valence-electron chi connectivity index (χ0n) is 17.7. The Kier molecular flexibility index (Phi) is 7.02. The lowest BCUT2D eigenvalue weighted by molar-refractivity contribution is -0.122. The fraction of sp³-hybridized carbons (Fsp3) is 0.261. The van der Waals surface area contributed by atoms with Crippen LogP contribution in [0.5, 0.6) is 5.75 Å². The highest BCUT2D eigenvalue weighted by Gasteiger charge is 2.32. The number of rotatable bonds is 7. The molecule has 1 saturated heterocycles. The second-order valence-electron chi connectivity index (χ2n) is 6.82. The van der Waals surface area contributed by atoms with Crippen molar-refractivity contribution in [2.24, 2.45) is 4.99 Å². The van der Waals surface area contributed by atoms with Gasteiger partial charge in [-0.15, -0.1) is 0 Å². The Balaban J connectivity index is 1.88. The average molecular weight is 440 g/mol. The number of thioether (sulfide) groups is 1. The van der Waals surface area contributed by atoms with E-state index in [0.717, 1.165) is 18.8 Å². The van der Waals surface area contributed by atoms with Crippen molar-refractivity contribution in [3.05, 3.63) is 58.5 Å². The number of amidine groups is 1. The van der Waals surface area contributed by atoms with Crippen molar-refractivity contribution >= 4 is 46.3 Å². The number of phenols is 1. The van der Waals surface area contributed by atoms with Crippen molar-refractivity contribution in [3.63, 3.8) is 0 Å². The quantitative estimate of drug-likeness (QED) is 0.615. The molecule has 1 heterocycles. The largest absolute Gasteiger partial charge is 0.507 e. The van der Waals surface area contributed by atoms with Crippen molar-refractivity contribution in [1.29, 1.82) is 0 Å². The van der Waals surface area contributed by atoms with Crippen LogP contribution in [0.1, 0.15) is 36.7 Å². The molecule has 0 saturated carbocycles. The number of carbonyl (C=O) groups is 2. The average Bonchev–Trinajstić information content (AvgIpc) is 3.05. The fourth-order valence-corrected chi connectivity index (χ4v) is 4.29. The van der Waals surface area contributed by atoms with Gasteiger partial charge in [0.1, 0.15) is 5.75 Å². The minimum Gasteiger partial charge on any atom is -0.507 e. The number of phenolic OH excluding ortho intramolecular Hbond substituents is 1. The van der Waals surface area contributed by atoms with Crippen LogP contribution in [0.2, 0.25) is 0 Å². The van der Waals surface area contributed by atoms with Gasteiger partial charge in [-0.05, 0) is 75.0 Å². The lowest BCUT2D eigenvalue weighted by Gasteiger charge is -2.21. The Hall–Kier alpha value is -3.26. The number of hydrogen-bond donors (Lipinski definition) is 2. The van der Waals surface area contributed by atoms with Gasteiger partial charge in [0.2, 0.25) is 0 Å². The molecule has 0 radical (unpaired) electrons. The van der Waals surface area contributed by atoms with Gasteiger partial charge in [-0.1, -0.05) is 0 Å². The van der Waals surface area contributed by atoms with E-state index < -0.39 is 5.97 Å². The van der Waals surface area contributed by atoms with Crippen LogP contribution < -0.4 is 4.90 Å². The number of aromatic hydroxyl groups is 1. The number of carboxylic acids is 1. The van der Waals surface area contributed by atoms with Crippen LogP contribution >= 0.6 is 11.8 Å². The smallest absolute Gasteiger partial charge is 0.335 e. The zero-order valence-corrected chi connectivity index (χ0v) is 18.5. The molecule has 1 amide bonds. The molecular formula is C23H25N3O4S. The van der Waals surface area contributed by atoms with Gasteiger partial charge in [0.15, 0.2) is 5.17 Å². The van der Waals surface area contributed by atoms with Crippen molar-refractivity contribution < 1.29 is 19.8 Å². The molecule has 31 heavy (non-hydrogen) atoms. The molecule has 1 aliphatic rings. The van der Waals surface area contributed by atoms with Crippen LogP contribution in [-0.2, 0) is 4.79 Å². The normalized spacial score (nSPS) is 16.4. The summed E-state index contributed by atoms with van der Waals surface area (Å²) in [5, 5.41) is 20.0. The summed E-state index contributed by atoms with van der Waals surface area (Å²) in [4.78, 5) is 32.5. The van der Waals surface area contributed by atoms with Gasteiger partial charge in [0.25, 0.3) is 5.91 Å². The Morgan fingerprint density at radius 1 is 1.13 bits per heavy atom. The summed E-state index contributed by atoms with van der Waals surface area (Å²) in [6.45, 7) is 8.09. The standard InChI is InChI=1S/C23H25N3O4S/c1-4-25(5-2)18-12-9-16(19(27)14-18)13-20-21(28)26(6-3)23(31-20)24-17-10-7-15(8-11-17)22(29)30/h7-14,27H,4-6H2,1-3H3,(H,29,30). The Bertz CT molecular complexity index is 1040. The lowest BCUT2D eigenvalue weighted by atomic mass is 10.1. The molecule has 1 fully saturated rings. The minimum atomic E-state index is -1.00. The number of nitrogens with zero attached hydrogens (tertiary/aromatic N) is 3. The molecule has 0 unspecified atom stereocenters. The van der Waals surface area contributed by atoms with Gasteiger partial charge >= 0.3 is 5.97 Å². The first kappa shape index (κ1) is 22.4. The van der Waals surface area contributed by atoms with Crippen LogP contribution in [0.25, 0.3) is 6.08 Å². The third-order valence-corrected chi connectivity index (χ3v) is 5.98. The van der Waals surface area contributed by atoms with E-state index in [9.17, 15) is 14.7 Å². The molecule has 7 nitrogen and oxygen atoms in total. The zero-order chi connectivity index (χ0) is 22.5. The molecule has 0 bridgehead atoms. The SMILES string of the molecule is CCN1C(=O)C(=Cc2ccc(N(CC)CC)cc2O)SC1=Nc1ccc(C(=O)O)cc1. The molecule has 0 aromatic heterocycles. The monoisotopic (exact) mass is 439 g/mol. The fourth-order valence-electron chi connectivity index (χ4n) is 3.24. The summed E-state index contributed by atoms with van der Waals surface area (Å²) in [6, 6.07) is 11.6. The van der Waals surface area contributed by atoms with Gasteiger partial charge in [-0.3, -0.25) is 9.69 Å². The summed E-state index contributed by atoms with van der Waals surface area (Å²) in [5.41, 5.74) is 2.23. The number of likely N-dealkylation sites (N-methyl/N-ethyl adjacent to an activating group) is 1. The second-order valence-corrected chi connectivity index (χ2v) is 7.83. The second kappa shape index (κ2) is 9.70. The first-order valence-electron chi connectivity index (χ1n) is 10.1. The highest BCUT2D eigenvalue weighted by Crippen LogP contribution is 2.36. The van der Waals surface area contributed by atoms with E-state index in [1.54, 1.807) is 35.2 Å². The maximum absolute atomic E-state index is 12.9. The van der Waals surface area contributed by atoms with Crippen molar-refractivity contribution in [2.75, 3.05) is 24.5 Å². The van der Waals surface area contributed by atoms with E-state index in [4.69, 9.17) is 5.11 Å². The Morgan fingerprint density at radius 2 is 1.81 bits per heavy atom. The maximum Gasteiger partial charge on any atom is 0.335 e. The first-order valence-corrected chi connectivity index (χ1v) is 10.9. The Labute approximate surface area is 185 Å². The Morgan fingerprint density at radius 3 is 2.35 bits per heavy atom. The first-order chi connectivity index (χ1) is 14.9. The topological polar surface area (TPSA) is 93.4 Å². The summed E-state index contributed by atoms with van der Waals surface area (Å²) < 4.78 is 0. The van der Waals surface area contributed by atoms with E-state index in [-0.39, 0.29) is 17.2 Å². The van der Waals surface area contributed by atoms with E-state index in [1.807, 2.05) is 13.0 Å². The molecular weight excluding hydrogens is 414 g/mol. The predicted octanol–water partition coefficient (Wildman–Crippen LogP) is 4.56. The minimum absolute atomic E-state index is 0.114. The van der Waals surface area contributed by atoms with Crippen LogP contribution in [0, 0.1) is 0 Å². The van der Waals surface area contributed by atoms with Crippen molar-refractivity contribution in [2.45, 2.75) is 20.8 Å². The molecule has 162 valence electrons. The number of amides is 1. The number of benzene rings is 2. The van der Waals surface area contributed by atoms with Crippen LogP contribution in [0.3, 0.4) is 0 Å². The predicted molar refractivity (Wildman–Crippen MR) is 125 cm³/mol. The van der Waals surface area contributed by atoms with Crippen LogP contribution in [0.15, 0.2) is 52.4 Å². The molecule has 2 N–H and O–H groups in total. The molecule has 2 aromatic carbocycles. The van der Waals surface area contributed by atoms with E-state index in [2.05, 4.69) is 23.7 Å². The molecule has 8 heteroatoms. The molecule has 0 spiro atoms. The number of carbonyl (C=O) groups excluding carboxylic acids is 1. The van der Waals surface area contributed by atoms with E-state index >= 15 is 0 Å². The summed E-state index contributed by atoms with van der Waals surface area (Å²) in [5.74, 6) is -1.07. The van der Waals surface area contributed by atoms with Crippen molar-refractivity contribution in [3.8, 4) is 5.75 Å². The van der Waals surface area contributed by atoms with E-state index in [1.165, 1.54) is 23.9 Å². The number of anilines is 1. The molecule has 0 aliphatic carbocycles. The summed E-state index contributed by atoms with van der Waals surface area (Å²) >= 11 is 1.23. The van der Waals surface area contributed by atoms with Gasteiger partial charge in [0, 0.05) is 37.0 Å². The number of aliphatic imine (C=N–C) groups is 1. The third kappa shape index (κ3) is 4.91. The van der Waals surface area contributed by atoms with Gasteiger partial charge < -0.3 is 15.1 Å². The summed E-state index contributed by atoms with van der Waals surface area (Å²) in [6.07, 6.45) is 1.67. The maximum atomic E-state index is 12.9. The van der Waals surface area contributed by atoms with Gasteiger partial charge in [-0.2, -0.15) is 0 Å². The molecule has 3 rings (SSSR count). The number of hydrogen-bond acceptors (Lipinski definition) is 6. The molecule has 1 aliphatic heterocycles. The number of aromatic carboxylic acids is 1.